The van der Waals surface area contributed by atoms with Crippen LogP contribution in [0.1, 0.15) is 30.9 Å². The van der Waals surface area contributed by atoms with Gasteiger partial charge < -0.3 is 15.4 Å². The summed E-state index contributed by atoms with van der Waals surface area (Å²) >= 11 is 0. The number of carbonyl (C=O) groups is 1. The number of nitrogens with zero attached hydrogens (tertiary/aromatic N) is 5. The second kappa shape index (κ2) is 8.62. The topological polar surface area (TPSA) is 97.5 Å². The number of ether oxygens (including phenoxy) is 1. The molecule has 2 aromatic heterocycles. The fraction of sp³-hybridized carbons (Fsp3) is 0.500. The van der Waals surface area contributed by atoms with E-state index >= 15 is 0 Å². The van der Waals surface area contributed by atoms with Gasteiger partial charge in [0, 0.05) is 43.8 Å². The Hall–Kier alpha value is -2.58. The predicted molar refractivity (Wildman–Crippen MR) is 105 cm³/mol. The van der Waals surface area contributed by atoms with Crippen molar-refractivity contribution in [3.63, 3.8) is 0 Å². The quantitative estimate of drug-likeness (QED) is 0.856. The zero-order chi connectivity index (χ0) is 19.3. The Bertz CT molecular complexity index is 789. The van der Waals surface area contributed by atoms with Crippen LogP contribution in [0.4, 0.5) is 5.95 Å². The molecule has 2 saturated heterocycles. The van der Waals surface area contributed by atoms with Crippen molar-refractivity contribution in [2.75, 3.05) is 45.1 Å². The number of hydrogen-bond donors (Lipinski definition) is 1. The molecule has 8 heteroatoms. The van der Waals surface area contributed by atoms with E-state index < -0.39 is 0 Å². The number of amides is 1. The van der Waals surface area contributed by atoms with Gasteiger partial charge in [0.15, 0.2) is 0 Å². The van der Waals surface area contributed by atoms with E-state index in [2.05, 4.69) is 25.9 Å². The first-order valence-corrected chi connectivity index (χ1v) is 9.84. The summed E-state index contributed by atoms with van der Waals surface area (Å²) in [5.41, 5.74) is 8.25. The van der Waals surface area contributed by atoms with Crippen LogP contribution in [0.3, 0.4) is 0 Å². The van der Waals surface area contributed by atoms with Crippen molar-refractivity contribution in [1.82, 2.24) is 24.8 Å². The van der Waals surface area contributed by atoms with E-state index in [9.17, 15) is 4.79 Å². The van der Waals surface area contributed by atoms with Crippen molar-refractivity contribution in [3.05, 3.63) is 36.3 Å². The summed E-state index contributed by atoms with van der Waals surface area (Å²) in [7, 11) is 0. The van der Waals surface area contributed by atoms with Crippen LogP contribution >= 0.6 is 0 Å². The van der Waals surface area contributed by atoms with E-state index in [1.807, 2.05) is 17.2 Å². The molecule has 8 nitrogen and oxygen atoms in total. The van der Waals surface area contributed by atoms with Gasteiger partial charge in [-0.1, -0.05) is 6.07 Å². The number of hydrogen-bond acceptors (Lipinski definition) is 7. The molecule has 148 valence electrons. The maximum atomic E-state index is 13.0. The van der Waals surface area contributed by atoms with Crippen molar-refractivity contribution in [2.45, 2.75) is 25.3 Å². The highest BCUT2D eigenvalue weighted by Crippen LogP contribution is 2.31. The third-order valence-electron chi connectivity index (χ3n) is 5.42. The smallest absolute Gasteiger partial charge is 0.237 e. The van der Waals surface area contributed by atoms with Gasteiger partial charge in [0.05, 0.1) is 31.5 Å². The van der Waals surface area contributed by atoms with Gasteiger partial charge in [-0.25, -0.2) is 9.97 Å². The molecule has 0 radical (unpaired) electrons. The normalized spacial score (nSPS) is 20.9. The van der Waals surface area contributed by atoms with Gasteiger partial charge in [0.1, 0.15) is 0 Å². The molecule has 2 aromatic rings. The largest absolute Gasteiger partial charge is 0.379 e. The molecule has 0 aliphatic carbocycles. The first-order chi connectivity index (χ1) is 13.7. The van der Waals surface area contributed by atoms with Crippen molar-refractivity contribution < 1.29 is 9.53 Å². The number of piperidine rings is 1. The van der Waals surface area contributed by atoms with Crippen LogP contribution in [0.5, 0.6) is 0 Å². The molecule has 2 N–H and O–H groups in total. The van der Waals surface area contributed by atoms with E-state index in [1.165, 1.54) is 0 Å². The average Bonchev–Trinajstić information content (AvgIpc) is 2.75. The van der Waals surface area contributed by atoms with Crippen LogP contribution < -0.4 is 5.73 Å². The highest BCUT2D eigenvalue weighted by molar-refractivity contribution is 5.79. The first-order valence-electron chi connectivity index (χ1n) is 9.84. The number of nitrogen functional groups attached to an aromatic ring is 1. The van der Waals surface area contributed by atoms with Crippen LogP contribution in [0.25, 0.3) is 11.3 Å². The van der Waals surface area contributed by atoms with E-state index in [0.717, 1.165) is 55.7 Å². The summed E-state index contributed by atoms with van der Waals surface area (Å²) in [6.07, 6.45) is 8.36. The highest BCUT2D eigenvalue weighted by atomic mass is 16.5. The number of pyridine rings is 1. The molecule has 28 heavy (non-hydrogen) atoms. The van der Waals surface area contributed by atoms with Gasteiger partial charge in [-0.2, -0.15) is 0 Å². The Labute approximate surface area is 164 Å². The number of morpholine rings is 1. The second-order valence-electron chi connectivity index (χ2n) is 7.29. The van der Waals surface area contributed by atoms with Gasteiger partial charge in [0.25, 0.3) is 0 Å². The van der Waals surface area contributed by atoms with Crippen LogP contribution in [-0.4, -0.2) is 70.1 Å². The molecule has 0 aromatic carbocycles. The molecule has 2 fully saturated rings. The zero-order valence-electron chi connectivity index (χ0n) is 16.0. The van der Waals surface area contributed by atoms with Crippen LogP contribution in [0.2, 0.25) is 0 Å². The van der Waals surface area contributed by atoms with Crippen molar-refractivity contribution in [3.8, 4) is 11.3 Å². The Kier molecular flexibility index (Phi) is 5.78. The first kappa shape index (κ1) is 18.8. The third kappa shape index (κ3) is 4.28. The summed E-state index contributed by atoms with van der Waals surface area (Å²) < 4.78 is 5.38. The minimum Gasteiger partial charge on any atom is -0.379 e. The van der Waals surface area contributed by atoms with Crippen LogP contribution in [0.15, 0.2) is 30.7 Å². The Morgan fingerprint density at radius 2 is 1.86 bits per heavy atom. The lowest BCUT2D eigenvalue weighted by molar-refractivity contribution is -0.137. The number of carbonyl (C=O) groups excluding carboxylic acids is 1. The molecule has 1 unspecified atom stereocenters. The molecule has 2 aliphatic rings. The standard InChI is InChI=1S/C20H26N6O2/c21-20-23-12-16(13-24-20)17-5-4-15(11-22-17)18-3-1-2-6-26(18)19(27)14-25-7-9-28-10-8-25/h4-5,11-13,18H,1-3,6-10,14H2,(H2,21,23,24). The zero-order valence-corrected chi connectivity index (χ0v) is 16.0. The second-order valence-corrected chi connectivity index (χ2v) is 7.29. The fourth-order valence-electron chi connectivity index (χ4n) is 3.86. The third-order valence-corrected chi connectivity index (χ3v) is 5.42. The summed E-state index contributed by atoms with van der Waals surface area (Å²) in [5, 5.41) is 0. The molecular formula is C20H26N6O2. The summed E-state index contributed by atoms with van der Waals surface area (Å²) in [5.74, 6) is 0.444. The molecule has 0 spiro atoms. The molecule has 0 bridgehead atoms. The van der Waals surface area contributed by atoms with E-state index in [4.69, 9.17) is 10.5 Å². The number of rotatable bonds is 4. The molecule has 1 amide bonds. The minimum absolute atomic E-state index is 0.0894. The van der Waals surface area contributed by atoms with Gasteiger partial charge in [-0.05, 0) is 30.9 Å². The molecule has 2 aliphatic heterocycles. The maximum Gasteiger partial charge on any atom is 0.237 e. The van der Waals surface area contributed by atoms with E-state index in [-0.39, 0.29) is 17.9 Å². The summed E-state index contributed by atoms with van der Waals surface area (Å²) in [6.45, 7) is 4.33. The number of aromatic nitrogens is 3. The lowest BCUT2D eigenvalue weighted by Gasteiger charge is -2.37. The monoisotopic (exact) mass is 382 g/mol. The predicted octanol–water partition coefficient (Wildman–Crippen LogP) is 1.51. The van der Waals surface area contributed by atoms with Gasteiger partial charge in [-0.3, -0.25) is 14.7 Å². The van der Waals surface area contributed by atoms with Gasteiger partial charge >= 0.3 is 0 Å². The molecule has 4 heterocycles. The Balaban J connectivity index is 1.47. The number of nitrogens with two attached hydrogens (primary N) is 1. The Morgan fingerprint density at radius 1 is 1.07 bits per heavy atom. The van der Waals surface area contributed by atoms with E-state index in [0.29, 0.717) is 19.8 Å². The van der Waals surface area contributed by atoms with Crippen molar-refractivity contribution in [1.29, 1.82) is 0 Å². The SMILES string of the molecule is Nc1ncc(-c2ccc(C3CCCCN3C(=O)CN3CCOCC3)cn2)cn1. The summed E-state index contributed by atoms with van der Waals surface area (Å²) in [6, 6.07) is 4.11. The van der Waals surface area contributed by atoms with Crippen LogP contribution in [-0.2, 0) is 9.53 Å². The molecule has 4 rings (SSSR count). The lowest BCUT2D eigenvalue weighted by atomic mass is 9.96. The minimum atomic E-state index is 0.0894. The number of likely N-dealkylation sites (tertiary alicyclic amines) is 1. The highest BCUT2D eigenvalue weighted by Gasteiger charge is 2.29. The van der Waals surface area contributed by atoms with E-state index in [1.54, 1.807) is 12.4 Å². The fourth-order valence-corrected chi connectivity index (χ4v) is 3.86. The molecule has 1 atom stereocenters. The van der Waals surface area contributed by atoms with Crippen molar-refractivity contribution in [2.24, 2.45) is 0 Å². The molecule has 0 saturated carbocycles. The summed E-state index contributed by atoms with van der Waals surface area (Å²) in [4.78, 5) is 29.8. The average molecular weight is 382 g/mol. The maximum absolute atomic E-state index is 13.0. The van der Waals surface area contributed by atoms with Gasteiger partial charge in [0.2, 0.25) is 11.9 Å². The Morgan fingerprint density at radius 3 is 2.57 bits per heavy atom. The molecular weight excluding hydrogens is 356 g/mol. The van der Waals surface area contributed by atoms with Crippen LogP contribution in [0, 0.1) is 0 Å². The number of anilines is 1. The lowest BCUT2D eigenvalue weighted by Crippen LogP contribution is -2.47. The van der Waals surface area contributed by atoms with Gasteiger partial charge in [-0.15, -0.1) is 0 Å². The van der Waals surface area contributed by atoms with Crippen molar-refractivity contribution >= 4 is 11.9 Å².